The van der Waals surface area contributed by atoms with E-state index in [0.29, 0.717) is 12.8 Å². The minimum absolute atomic E-state index is 0.246. The second-order valence-corrected chi connectivity index (χ2v) is 5.57. The summed E-state index contributed by atoms with van der Waals surface area (Å²) in [5.74, 6) is -1.59. The van der Waals surface area contributed by atoms with Gasteiger partial charge >= 0.3 is 17.9 Å². The highest BCUT2D eigenvalue weighted by atomic mass is 16.7. The van der Waals surface area contributed by atoms with E-state index < -0.39 is 36.5 Å². The molecule has 126 valence electrons. The normalized spacial score (nSPS) is 25.6. The van der Waals surface area contributed by atoms with E-state index in [9.17, 15) is 14.4 Å². The lowest BCUT2D eigenvalue weighted by Crippen LogP contribution is -2.33. The Bertz CT molecular complexity index is 394. The number of hydrogen-bond donors (Lipinski definition) is 0. The van der Waals surface area contributed by atoms with Gasteiger partial charge in [0.05, 0.1) is 5.92 Å². The van der Waals surface area contributed by atoms with E-state index in [2.05, 4.69) is 0 Å². The van der Waals surface area contributed by atoms with Crippen LogP contribution < -0.4 is 0 Å². The summed E-state index contributed by atoms with van der Waals surface area (Å²) in [4.78, 5) is 34.0. The molecule has 0 aromatic rings. The van der Waals surface area contributed by atoms with Crippen LogP contribution in [0.3, 0.4) is 0 Å². The molecule has 7 nitrogen and oxygen atoms in total. The molecule has 0 bridgehead atoms. The van der Waals surface area contributed by atoms with Gasteiger partial charge in [-0.15, -0.1) is 0 Å². The maximum absolute atomic E-state index is 11.7. The summed E-state index contributed by atoms with van der Waals surface area (Å²) in [5, 5.41) is 0. The Morgan fingerprint density at radius 2 is 1.73 bits per heavy atom. The van der Waals surface area contributed by atoms with Crippen LogP contribution >= 0.6 is 0 Å². The summed E-state index contributed by atoms with van der Waals surface area (Å²) in [5.41, 5.74) is 0. The third-order valence-electron chi connectivity index (χ3n) is 3.23. The third-order valence-corrected chi connectivity index (χ3v) is 3.23. The van der Waals surface area contributed by atoms with Crippen LogP contribution in [0, 0.1) is 5.92 Å². The Balaban J connectivity index is 2.75. The van der Waals surface area contributed by atoms with Gasteiger partial charge in [-0.3, -0.25) is 14.4 Å². The lowest BCUT2D eigenvalue weighted by atomic mass is 10.1. The number of carbonyl (C=O) groups is 3. The zero-order valence-electron chi connectivity index (χ0n) is 13.7. The molecule has 1 heterocycles. The van der Waals surface area contributed by atoms with Gasteiger partial charge in [-0.25, -0.2) is 0 Å². The molecule has 1 rings (SSSR count). The van der Waals surface area contributed by atoms with Crippen LogP contribution in [0.5, 0.6) is 0 Å². The molecule has 0 N–H and O–H groups in total. The molecule has 1 aliphatic rings. The van der Waals surface area contributed by atoms with Gasteiger partial charge in [0, 0.05) is 20.3 Å². The molecule has 0 aliphatic carbocycles. The van der Waals surface area contributed by atoms with E-state index >= 15 is 0 Å². The first-order valence-corrected chi connectivity index (χ1v) is 7.45. The van der Waals surface area contributed by atoms with E-state index in [1.165, 1.54) is 13.8 Å². The Morgan fingerprint density at radius 3 is 2.18 bits per heavy atom. The first kappa shape index (κ1) is 18.4. The number of hydrogen-bond acceptors (Lipinski definition) is 7. The van der Waals surface area contributed by atoms with E-state index in [1.807, 2.05) is 6.92 Å². The fourth-order valence-corrected chi connectivity index (χ4v) is 2.19. The fraction of sp³-hybridized carbons (Fsp3) is 0.800. The maximum Gasteiger partial charge on any atom is 0.308 e. The van der Waals surface area contributed by atoms with Crippen LogP contribution in [0.4, 0.5) is 0 Å². The van der Waals surface area contributed by atoms with Gasteiger partial charge in [0.2, 0.25) is 6.29 Å². The summed E-state index contributed by atoms with van der Waals surface area (Å²) in [6.07, 6.45) is -1.78. The van der Waals surface area contributed by atoms with Crippen molar-refractivity contribution >= 4 is 17.9 Å². The number of carbonyl (C=O) groups excluding carboxylic acids is 3. The van der Waals surface area contributed by atoms with Gasteiger partial charge in [-0.05, 0) is 6.42 Å². The molecular formula is C15H24O7. The van der Waals surface area contributed by atoms with E-state index in [-0.39, 0.29) is 11.9 Å². The van der Waals surface area contributed by atoms with Gasteiger partial charge < -0.3 is 18.9 Å². The summed E-state index contributed by atoms with van der Waals surface area (Å²) in [6.45, 7) is 7.87. The molecule has 1 aliphatic heterocycles. The highest BCUT2D eigenvalue weighted by Gasteiger charge is 2.44. The van der Waals surface area contributed by atoms with Crippen LogP contribution in [0.25, 0.3) is 0 Å². The van der Waals surface area contributed by atoms with Crippen LogP contribution in [0.15, 0.2) is 0 Å². The molecule has 0 saturated carbocycles. The second kappa shape index (κ2) is 8.12. The Morgan fingerprint density at radius 1 is 1.14 bits per heavy atom. The zero-order valence-corrected chi connectivity index (χ0v) is 13.7. The molecule has 22 heavy (non-hydrogen) atoms. The van der Waals surface area contributed by atoms with Gasteiger partial charge in [0.25, 0.3) is 0 Å². The van der Waals surface area contributed by atoms with E-state index in [1.54, 1.807) is 13.8 Å². The Hall–Kier alpha value is -1.63. The topological polar surface area (TPSA) is 88.1 Å². The molecular weight excluding hydrogens is 292 g/mol. The SMILES string of the molecule is CC[C@H](OC(=O)C(C)C)C1C[C@@H](OC(C)=O)C(OC(C)=O)O1. The Kier molecular flexibility index (Phi) is 6.80. The van der Waals surface area contributed by atoms with Crippen molar-refractivity contribution in [3.05, 3.63) is 0 Å². The molecule has 0 aromatic carbocycles. The predicted molar refractivity (Wildman–Crippen MR) is 75.6 cm³/mol. The highest BCUT2D eigenvalue weighted by molar-refractivity contribution is 5.71. The monoisotopic (exact) mass is 316 g/mol. The van der Waals surface area contributed by atoms with Crippen LogP contribution in [0.2, 0.25) is 0 Å². The minimum Gasteiger partial charge on any atom is -0.459 e. The van der Waals surface area contributed by atoms with Crippen molar-refractivity contribution in [1.29, 1.82) is 0 Å². The molecule has 0 radical (unpaired) electrons. The first-order chi connectivity index (χ1) is 10.2. The quantitative estimate of drug-likeness (QED) is 0.543. The Labute approximate surface area is 130 Å². The number of ether oxygens (including phenoxy) is 4. The van der Waals surface area contributed by atoms with Crippen molar-refractivity contribution in [2.24, 2.45) is 5.92 Å². The molecule has 4 atom stereocenters. The average molecular weight is 316 g/mol. The summed E-state index contributed by atoms with van der Waals surface area (Å²) in [7, 11) is 0. The highest BCUT2D eigenvalue weighted by Crippen LogP contribution is 2.29. The van der Waals surface area contributed by atoms with Crippen molar-refractivity contribution in [2.45, 2.75) is 72.1 Å². The molecule has 0 aromatic heterocycles. The zero-order chi connectivity index (χ0) is 16.9. The van der Waals surface area contributed by atoms with Gasteiger partial charge in [-0.1, -0.05) is 20.8 Å². The molecule has 0 amide bonds. The van der Waals surface area contributed by atoms with Gasteiger partial charge in [-0.2, -0.15) is 0 Å². The number of rotatable bonds is 6. The average Bonchev–Trinajstić information content (AvgIpc) is 2.76. The molecule has 2 unspecified atom stereocenters. The third kappa shape index (κ3) is 5.29. The summed E-state index contributed by atoms with van der Waals surface area (Å²) < 4.78 is 21.2. The second-order valence-electron chi connectivity index (χ2n) is 5.57. The lowest BCUT2D eigenvalue weighted by molar-refractivity contribution is -0.202. The summed E-state index contributed by atoms with van der Waals surface area (Å²) in [6, 6.07) is 0. The van der Waals surface area contributed by atoms with Crippen LogP contribution in [-0.4, -0.2) is 42.5 Å². The molecule has 1 fully saturated rings. The smallest absolute Gasteiger partial charge is 0.308 e. The van der Waals surface area contributed by atoms with Crippen molar-refractivity contribution in [3.8, 4) is 0 Å². The maximum atomic E-state index is 11.7. The van der Waals surface area contributed by atoms with Crippen molar-refractivity contribution in [1.82, 2.24) is 0 Å². The van der Waals surface area contributed by atoms with Crippen LogP contribution in [-0.2, 0) is 33.3 Å². The molecule has 0 spiro atoms. The van der Waals surface area contributed by atoms with Gasteiger partial charge in [0.15, 0.2) is 6.10 Å². The van der Waals surface area contributed by atoms with Crippen molar-refractivity contribution in [2.75, 3.05) is 0 Å². The fourth-order valence-electron chi connectivity index (χ4n) is 2.19. The van der Waals surface area contributed by atoms with Crippen molar-refractivity contribution < 1.29 is 33.3 Å². The van der Waals surface area contributed by atoms with Gasteiger partial charge in [0.1, 0.15) is 12.2 Å². The van der Waals surface area contributed by atoms with Crippen LogP contribution in [0.1, 0.15) is 47.5 Å². The standard InChI is InChI=1S/C15H24O7/c1-6-11(21-14(18)8(2)3)12-7-13(19-9(4)16)15(22-12)20-10(5)17/h8,11-13,15H,6-7H2,1-5H3/t11-,12?,13+,15?/m0/s1. The lowest BCUT2D eigenvalue weighted by Gasteiger charge is -2.23. The number of esters is 3. The van der Waals surface area contributed by atoms with E-state index in [4.69, 9.17) is 18.9 Å². The largest absolute Gasteiger partial charge is 0.459 e. The molecule has 7 heteroatoms. The summed E-state index contributed by atoms with van der Waals surface area (Å²) >= 11 is 0. The predicted octanol–water partition coefficient (Wildman–Crippen LogP) is 1.57. The van der Waals surface area contributed by atoms with Crippen molar-refractivity contribution in [3.63, 3.8) is 0 Å². The first-order valence-electron chi connectivity index (χ1n) is 7.45. The minimum atomic E-state index is -0.974. The molecule has 1 saturated heterocycles. The van der Waals surface area contributed by atoms with E-state index in [0.717, 1.165) is 0 Å².